The van der Waals surface area contributed by atoms with Crippen LogP contribution in [0.4, 0.5) is 0 Å². The Bertz CT molecular complexity index is 528. The van der Waals surface area contributed by atoms with Gasteiger partial charge in [0, 0.05) is 30.8 Å². The van der Waals surface area contributed by atoms with Crippen LogP contribution in [0.15, 0.2) is 36.9 Å². The van der Waals surface area contributed by atoms with Crippen LogP contribution < -0.4 is 0 Å². The Morgan fingerprint density at radius 1 is 1.23 bits per heavy atom. The second-order valence-corrected chi connectivity index (χ2v) is 5.70. The van der Waals surface area contributed by atoms with Gasteiger partial charge in [0.2, 0.25) is 0 Å². The lowest BCUT2D eigenvalue weighted by atomic mass is 9.97. The van der Waals surface area contributed by atoms with Crippen molar-refractivity contribution in [1.29, 1.82) is 0 Å². The molecule has 0 aliphatic carbocycles. The Kier molecular flexibility index (Phi) is 5.90. The molecule has 0 radical (unpaired) electrons. The van der Waals surface area contributed by atoms with Crippen LogP contribution in [0.3, 0.4) is 0 Å². The van der Waals surface area contributed by atoms with Crippen molar-refractivity contribution in [2.45, 2.75) is 19.8 Å². The Morgan fingerprint density at radius 3 is 2.36 bits per heavy atom. The first-order valence-corrected chi connectivity index (χ1v) is 7.70. The molecule has 0 aromatic heterocycles. The van der Waals surface area contributed by atoms with E-state index in [4.69, 9.17) is 4.74 Å². The van der Waals surface area contributed by atoms with Crippen molar-refractivity contribution >= 4 is 11.7 Å². The van der Waals surface area contributed by atoms with Crippen molar-refractivity contribution in [3.05, 3.63) is 48.0 Å². The SMILES string of the molecule is C=CCOCC1CCN(C(=O)c2ccc(C(C)=O)cc2)CC1. The van der Waals surface area contributed by atoms with Crippen LogP contribution in [-0.2, 0) is 4.74 Å². The Balaban J connectivity index is 1.86. The highest BCUT2D eigenvalue weighted by Gasteiger charge is 2.23. The van der Waals surface area contributed by atoms with Crippen LogP contribution in [0.25, 0.3) is 0 Å². The molecule has 0 unspecified atom stereocenters. The Morgan fingerprint density at radius 2 is 1.82 bits per heavy atom. The van der Waals surface area contributed by atoms with Gasteiger partial charge in [0.05, 0.1) is 6.61 Å². The molecular formula is C18H23NO3. The van der Waals surface area contributed by atoms with Crippen LogP contribution in [0.2, 0.25) is 0 Å². The molecule has 2 rings (SSSR count). The predicted molar refractivity (Wildman–Crippen MR) is 86.1 cm³/mol. The third-order valence-corrected chi connectivity index (χ3v) is 4.03. The summed E-state index contributed by atoms with van der Waals surface area (Å²) in [5, 5.41) is 0. The van der Waals surface area contributed by atoms with Gasteiger partial charge in [-0.2, -0.15) is 0 Å². The number of piperidine rings is 1. The molecule has 4 nitrogen and oxygen atoms in total. The van der Waals surface area contributed by atoms with E-state index >= 15 is 0 Å². The molecule has 1 amide bonds. The van der Waals surface area contributed by atoms with E-state index in [1.54, 1.807) is 30.3 Å². The van der Waals surface area contributed by atoms with E-state index in [0.717, 1.165) is 32.5 Å². The number of ether oxygens (including phenoxy) is 1. The molecule has 0 spiro atoms. The van der Waals surface area contributed by atoms with Crippen LogP contribution >= 0.6 is 0 Å². The summed E-state index contributed by atoms with van der Waals surface area (Å²) in [5.74, 6) is 0.573. The summed E-state index contributed by atoms with van der Waals surface area (Å²) in [6, 6.07) is 6.90. The monoisotopic (exact) mass is 301 g/mol. The van der Waals surface area contributed by atoms with Gasteiger partial charge >= 0.3 is 0 Å². The minimum atomic E-state index is 0.0133. The third-order valence-electron chi connectivity index (χ3n) is 4.03. The van der Waals surface area contributed by atoms with E-state index in [1.807, 2.05) is 4.90 Å². The average Bonchev–Trinajstić information content (AvgIpc) is 2.55. The predicted octanol–water partition coefficient (Wildman–Crippen LogP) is 2.94. The fourth-order valence-corrected chi connectivity index (χ4v) is 2.65. The van der Waals surface area contributed by atoms with E-state index in [2.05, 4.69) is 6.58 Å². The molecule has 1 aliphatic rings. The summed E-state index contributed by atoms with van der Waals surface area (Å²) in [7, 11) is 0. The van der Waals surface area contributed by atoms with Crippen LogP contribution in [0.1, 0.15) is 40.5 Å². The Hall–Kier alpha value is -1.94. The van der Waals surface area contributed by atoms with Crippen molar-refractivity contribution in [2.24, 2.45) is 5.92 Å². The van der Waals surface area contributed by atoms with Gasteiger partial charge in [-0.1, -0.05) is 18.2 Å². The summed E-state index contributed by atoms with van der Waals surface area (Å²) in [5.41, 5.74) is 1.28. The fourth-order valence-electron chi connectivity index (χ4n) is 2.65. The number of nitrogens with zero attached hydrogens (tertiary/aromatic N) is 1. The largest absolute Gasteiger partial charge is 0.377 e. The summed E-state index contributed by atoms with van der Waals surface area (Å²) in [6.07, 6.45) is 3.69. The molecule has 4 heteroatoms. The smallest absolute Gasteiger partial charge is 0.253 e. The zero-order valence-corrected chi connectivity index (χ0v) is 13.1. The molecule has 1 aromatic rings. The van der Waals surface area contributed by atoms with E-state index in [9.17, 15) is 9.59 Å². The summed E-state index contributed by atoms with van der Waals surface area (Å²) >= 11 is 0. The first kappa shape index (κ1) is 16.4. The molecule has 22 heavy (non-hydrogen) atoms. The van der Waals surface area contributed by atoms with Gasteiger partial charge in [0.1, 0.15) is 0 Å². The lowest BCUT2D eigenvalue weighted by molar-refractivity contribution is 0.0575. The number of hydrogen-bond acceptors (Lipinski definition) is 3. The second-order valence-electron chi connectivity index (χ2n) is 5.70. The van der Waals surface area contributed by atoms with Gasteiger partial charge in [-0.15, -0.1) is 6.58 Å². The van der Waals surface area contributed by atoms with Crippen molar-refractivity contribution in [3.8, 4) is 0 Å². The van der Waals surface area contributed by atoms with E-state index in [0.29, 0.717) is 23.7 Å². The highest BCUT2D eigenvalue weighted by molar-refractivity contribution is 5.97. The fraction of sp³-hybridized carbons (Fsp3) is 0.444. The maximum Gasteiger partial charge on any atom is 0.253 e. The van der Waals surface area contributed by atoms with E-state index < -0.39 is 0 Å². The van der Waals surface area contributed by atoms with E-state index in [-0.39, 0.29) is 11.7 Å². The van der Waals surface area contributed by atoms with Crippen molar-refractivity contribution < 1.29 is 14.3 Å². The minimum absolute atomic E-state index is 0.0133. The standard InChI is InChI=1S/C18H23NO3/c1-3-12-22-13-15-8-10-19(11-9-15)18(21)17-6-4-16(5-7-17)14(2)20/h3-7,15H,1,8-13H2,2H3. The van der Waals surface area contributed by atoms with Crippen molar-refractivity contribution in [1.82, 2.24) is 4.90 Å². The van der Waals surface area contributed by atoms with Gasteiger partial charge in [-0.3, -0.25) is 9.59 Å². The van der Waals surface area contributed by atoms with Crippen LogP contribution in [0, 0.1) is 5.92 Å². The molecular weight excluding hydrogens is 278 g/mol. The number of rotatable bonds is 6. The number of carbonyl (C=O) groups excluding carboxylic acids is 2. The molecule has 1 aromatic carbocycles. The number of carbonyl (C=O) groups is 2. The zero-order valence-electron chi connectivity index (χ0n) is 13.1. The van der Waals surface area contributed by atoms with E-state index in [1.165, 1.54) is 6.92 Å². The van der Waals surface area contributed by atoms with Gasteiger partial charge in [0.15, 0.2) is 5.78 Å². The maximum atomic E-state index is 12.4. The first-order valence-electron chi connectivity index (χ1n) is 7.70. The normalized spacial score (nSPS) is 15.6. The molecule has 0 bridgehead atoms. The second kappa shape index (κ2) is 7.90. The lowest BCUT2D eigenvalue weighted by Crippen LogP contribution is -2.39. The molecule has 1 heterocycles. The van der Waals surface area contributed by atoms with Crippen LogP contribution in [-0.4, -0.2) is 42.9 Å². The average molecular weight is 301 g/mol. The van der Waals surface area contributed by atoms with Gasteiger partial charge in [-0.05, 0) is 37.8 Å². The highest BCUT2D eigenvalue weighted by atomic mass is 16.5. The molecule has 0 atom stereocenters. The number of ketones is 1. The molecule has 1 saturated heterocycles. The number of likely N-dealkylation sites (tertiary alicyclic amines) is 1. The molecule has 0 N–H and O–H groups in total. The van der Waals surface area contributed by atoms with Gasteiger partial charge in [0.25, 0.3) is 5.91 Å². The number of Topliss-reactive ketones (excluding diaryl/α,β-unsaturated/α-hetero) is 1. The highest BCUT2D eigenvalue weighted by Crippen LogP contribution is 2.19. The van der Waals surface area contributed by atoms with Gasteiger partial charge < -0.3 is 9.64 Å². The van der Waals surface area contributed by atoms with Crippen molar-refractivity contribution in [2.75, 3.05) is 26.3 Å². The minimum Gasteiger partial charge on any atom is -0.377 e. The first-order chi connectivity index (χ1) is 10.6. The summed E-state index contributed by atoms with van der Waals surface area (Å²) in [4.78, 5) is 25.6. The lowest BCUT2D eigenvalue weighted by Gasteiger charge is -2.32. The number of benzene rings is 1. The zero-order chi connectivity index (χ0) is 15.9. The number of hydrogen-bond donors (Lipinski definition) is 0. The third kappa shape index (κ3) is 4.28. The quantitative estimate of drug-likeness (QED) is 0.461. The van der Waals surface area contributed by atoms with Gasteiger partial charge in [-0.25, -0.2) is 0 Å². The van der Waals surface area contributed by atoms with Crippen molar-refractivity contribution in [3.63, 3.8) is 0 Å². The molecule has 1 aliphatic heterocycles. The maximum absolute atomic E-state index is 12.4. The summed E-state index contributed by atoms with van der Waals surface area (Å²) < 4.78 is 5.48. The topological polar surface area (TPSA) is 46.6 Å². The molecule has 1 fully saturated rings. The summed E-state index contributed by atoms with van der Waals surface area (Å²) in [6.45, 7) is 8.00. The Labute approximate surface area is 131 Å². The van der Waals surface area contributed by atoms with Crippen LogP contribution in [0.5, 0.6) is 0 Å². The molecule has 0 saturated carbocycles. The number of amides is 1. The molecule has 118 valence electrons.